The van der Waals surface area contributed by atoms with E-state index in [-0.39, 0.29) is 5.91 Å². The highest BCUT2D eigenvalue weighted by atomic mass is 16.2. The smallest absolute Gasteiger partial charge is 0.244 e. The summed E-state index contributed by atoms with van der Waals surface area (Å²) in [6.07, 6.45) is 0.551. The molecule has 1 aromatic rings. The molecule has 0 spiro atoms. The number of nitrogens with zero attached hydrogens (tertiary/aromatic N) is 1. The van der Waals surface area contributed by atoms with Crippen LogP contribution < -0.4 is 11.1 Å². The van der Waals surface area contributed by atoms with Crippen molar-refractivity contribution >= 4 is 11.6 Å². The number of anilines is 1. The van der Waals surface area contributed by atoms with Crippen LogP contribution in [-0.4, -0.2) is 11.4 Å². The van der Waals surface area contributed by atoms with Gasteiger partial charge in [-0.1, -0.05) is 13.0 Å². The quantitative estimate of drug-likeness (QED) is 0.834. The molecule has 0 radical (unpaired) electrons. The highest BCUT2D eigenvalue weighted by molar-refractivity contribution is 5.98. The number of nitrogens with two attached hydrogens (primary N) is 1. The molecule has 0 saturated heterocycles. The summed E-state index contributed by atoms with van der Waals surface area (Å²) < 4.78 is 0. The van der Waals surface area contributed by atoms with Gasteiger partial charge >= 0.3 is 0 Å². The Hall–Kier alpha value is -1.86. The normalized spacial score (nSPS) is 13.6. The Balaban J connectivity index is 2.96. The van der Waals surface area contributed by atoms with Crippen LogP contribution in [0.1, 0.15) is 31.4 Å². The van der Waals surface area contributed by atoms with Gasteiger partial charge in [0.25, 0.3) is 0 Å². The van der Waals surface area contributed by atoms with E-state index in [0.29, 0.717) is 17.7 Å². The molecule has 0 fully saturated rings. The van der Waals surface area contributed by atoms with E-state index in [1.54, 1.807) is 25.1 Å². The zero-order valence-corrected chi connectivity index (χ0v) is 10.4. The van der Waals surface area contributed by atoms with Gasteiger partial charge in [0.05, 0.1) is 17.2 Å². The molecule has 17 heavy (non-hydrogen) atoms. The fourth-order valence-electron chi connectivity index (χ4n) is 1.25. The lowest BCUT2D eigenvalue weighted by Gasteiger charge is -2.22. The lowest BCUT2D eigenvalue weighted by Crippen LogP contribution is -2.47. The van der Waals surface area contributed by atoms with Gasteiger partial charge in [-0.2, -0.15) is 5.26 Å². The average Bonchev–Trinajstić information content (AvgIpc) is 2.31. The summed E-state index contributed by atoms with van der Waals surface area (Å²) in [7, 11) is 0. The zero-order chi connectivity index (χ0) is 13.1. The third-order valence-electron chi connectivity index (χ3n) is 2.87. The van der Waals surface area contributed by atoms with Crippen LogP contribution in [0.3, 0.4) is 0 Å². The van der Waals surface area contributed by atoms with E-state index >= 15 is 0 Å². The fraction of sp³-hybridized carbons (Fsp3) is 0.385. The van der Waals surface area contributed by atoms with Crippen LogP contribution in [0.2, 0.25) is 0 Å². The molecule has 1 aromatic carbocycles. The van der Waals surface area contributed by atoms with E-state index in [2.05, 4.69) is 5.32 Å². The Morgan fingerprint density at radius 2 is 2.24 bits per heavy atom. The fourth-order valence-corrected chi connectivity index (χ4v) is 1.25. The second-order valence-electron chi connectivity index (χ2n) is 4.37. The van der Waals surface area contributed by atoms with Gasteiger partial charge in [-0.05, 0) is 38.0 Å². The number of carbonyl (C=O) groups excluding carboxylic acids is 1. The summed E-state index contributed by atoms with van der Waals surface area (Å²) in [5.41, 5.74) is 7.02. The van der Waals surface area contributed by atoms with E-state index in [9.17, 15) is 4.79 Å². The SMILES string of the molecule is CCC(C)(N)C(=O)Nc1cc(C#N)ccc1C. The first-order valence-electron chi connectivity index (χ1n) is 5.52. The van der Waals surface area contributed by atoms with Crippen LogP contribution >= 0.6 is 0 Å². The van der Waals surface area contributed by atoms with Crippen molar-refractivity contribution in [3.05, 3.63) is 29.3 Å². The second kappa shape index (κ2) is 4.98. The van der Waals surface area contributed by atoms with Crippen molar-refractivity contribution < 1.29 is 4.79 Å². The van der Waals surface area contributed by atoms with E-state index in [1.165, 1.54) is 0 Å². The van der Waals surface area contributed by atoms with Crippen LogP contribution in [0.15, 0.2) is 18.2 Å². The van der Waals surface area contributed by atoms with E-state index in [1.807, 2.05) is 19.9 Å². The largest absolute Gasteiger partial charge is 0.324 e. The number of hydrogen-bond acceptors (Lipinski definition) is 3. The Bertz CT molecular complexity index is 472. The molecular formula is C13H17N3O. The summed E-state index contributed by atoms with van der Waals surface area (Å²) in [4.78, 5) is 11.9. The molecule has 0 heterocycles. The third-order valence-corrected chi connectivity index (χ3v) is 2.87. The molecule has 1 amide bonds. The topological polar surface area (TPSA) is 78.9 Å². The van der Waals surface area contributed by atoms with Crippen molar-refractivity contribution in [2.45, 2.75) is 32.7 Å². The Labute approximate surface area is 101 Å². The number of carbonyl (C=O) groups is 1. The minimum absolute atomic E-state index is 0.238. The molecule has 3 N–H and O–H groups in total. The maximum absolute atomic E-state index is 11.9. The summed E-state index contributed by atoms with van der Waals surface area (Å²) in [6.45, 7) is 5.42. The number of nitrogens with one attached hydrogen (secondary N) is 1. The lowest BCUT2D eigenvalue weighted by molar-refractivity contribution is -0.120. The molecule has 0 aliphatic carbocycles. The number of benzene rings is 1. The molecular weight excluding hydrogens is 214 g/mol. The zero-order valence-electron chi connectivity index (χ0n) is 10.4. The molecule has 1 atom stereocenters. The molecule has 0 aliphatic heterocycles. The predicted molar refractivity (Wildman–Crippen MR) is 67.4 cm³/mol. The Morgan fingerprint density at radius 1 is 1.59 bits per heavy atom. The van der Waals surface area contributed by atoms with Crippen LogP contribution in [0.4, 0.5) is 5.69 Å². The number of aryl methyl sites for hydroxylation is 1. The van der Waals surface area contributed by atoms with Gasteiger partial charge in [-0.3, -0.25) is 4.79 Å². The summed E-state index contributed by atoms with van der Waals surface area (Å²) >= 11 is 0. The van der Waals surface area contributed by atoms with Crippen molar-refractivity contribution in [2.75, 3.05) is 5.32 Å². The monoisotopic (exact) mass is 231 g/mol. The maximum atomic E-state index is 11.9. The van der Waals surface area contributed by atoms with Gasteiger partial charge in [0, 0.05) is 5.69 Å². The summed E-state index contributed by atoms with van der Waals surface area (Å²) in [6, 6.07) is 7.20. The molecule has 4 nitrogen and oxygen atoms in total. The Kier molecular flexibility index (Phi) is 3.87. The molecule has 0 aliphatic rings. The highest BCUT2D eigenvalue weighted by Crippen LogP contribution is 2.18. The summed E-state index contributed by atoms with van der Waals surface area (Å²) in [5, 5.41) is 11.6. The first-order valence-corrected chi connectivity index (χ1v) is 5.52. The maximum Gasteiger partial charge on any atom is 0.244 e. The van der Waals surface area contributed by atoms with Crippen LogP contribution in [0.25, 0.3) is 0 Å². The van der Waals surface area contributed by atoms with Crippen molar-refractivity contribution in [1.82, 2.24) is 0 Å². The third kappa shape index (κ3) is 3.05. The van der Waals surface area contributed by atoms with Crippen LogP contribution in [-0.2, 0) is 4.79 Å². The van der Waals surface area contributed by atoms with Crippen LogP contribution in [0, 0.1) is 18.3 Å². The highest BCUT2D eigenvalue weighted by Gasteiger charge is 2.26. The minimum atomic E-state index is -0.894. The van der Waals surface area contributed by atoms with Crippen LogP contribution in [0.5, 0.6) is 0 Å². The number of nitriles is 1. The number of amides is 1. The molecule has 0 bridgehead atoms. The van der Waals surface area contributed by atoms with Crippen molar-refractivity contribution in [3.63, 3.8) is 0 Å². The van der Waals surface area contributed by atoms with Gasteiger partial charge in [0.15, 0.2) is 0 Å². The molecule has 0 aromatic heterocycles. The predicted octanol–water partition coefficient (Wildman–Crippen LogP) is 1.93. The van der Waals surface area contributed by atoms with E-state index < -0.39 is 5.54 Å². The Morgan fingerprint density at radius 3 is 2.76 bits per heavy atom. The summed E-state index contributed by atoms with van der Waals surface area (Å²) in [5.74, 6) is -0.238. The molecule has 0 saturated carbocycles. The molecule has 4 heteroatoms. The molecule has 90 valence electrons. The first kappa shape index (κ1) is 13.2. The van der Waals surface area contributed by atoms with Crippen molar-refractivity contribution in [2.24, 2.45) is 5.73 Å². The second-order valence-corrected chi connectivity index (χ2v) is 4.37. The number of hydrogen-bond donors (Lipinski definition) is 2. The van der Waals surface area contributed by atoms with Gasteiger partial charge in [0.1, 0.15) is 0 Å². The first-order chi connectivity index (χ1) is 7.90. The van der Waals surface area contributed by atoms with Gasteiger partial charge in [-0.15, -0.1) is 0 Å². The van der Waals surface area contributed by atoms with Gasteiger partial charge < -0.3 is 11.1 Å². The van der Waals surface area contributed by atoms with Crippen molar-refractivity contribution in [3.8, 4) is 6.07 Å². The lowest BCUT2D eigenvalue weighted by atomic mass is 9.99. The van der Waals surface area contributed by atoms with Crippen molar-refractivity contribution in [1.29, 1.82) is 5.26 Å². The van der Waals surface area contributed by atoms with Gasteiger partial charge in [-0.25, -0.2) is 0 Å². The number of rotatable bonds is 3. The van der Waals surface area contributed by atoms with E-state index in [4.69, 9.17) is 11.0 Å². The standard InChI is InChI=1S/C13H17N3O/c1-4-13(3,15)12(17)16-11-7-10(8-14)6-5-9(11)2/h5-7H,4,15H2,1-3H3,(H,16,17). The minimum Gasteiger partial charge on any atom is -0.324 e. The molecule has 1 rings (SSSR count). The van der Waals surface area contributed by atoms with E-state index in [0.717, 1.165) is 5.56 Å². The average molecular weight is 231 g/mol. The molecule has 1 unspecified atom stereocenters. The van der Waals surface area contributed by atoms with Gasteiger partial charge in [0.2, 0.25) is 5.91 Å².